The lowest BCUT2D eigenvalue weighted by molar-refractivity contribution is 0.342. The molecule has 2 aromatic carbocycles. The van der Waals surface area contributed by atoms with E-state index >= 15 is 0 Å². The Morgan fingerprint density at radius 2 is 1.91 bits per heavy atom. The summed E-state index contributed by atoms with van der Waals surface area (Å²) in [5, 5.41) is 8.21. The van der Waals surface area contributed by atoms with E-state index in [1.54, 1.807) is 25.2 Å². The van der Waals surface area contributed by atoms with Crippen molar-refractivity contribution in [2.75, 3.05) is 14.2 Å². The van der Waals surface area contributed by atoms with Crippen LogP contribution < -0.4 is 9.47 Å². The van der Waals surface area contributed by atoms with E-state index in [-0.39, 0.29) is 0 Å². The van der Waals surface area contributed by atoms with Crippen molar-refractivity contribution >= 4 is 12.2 Å². The standard InChI is InChI=1S/C26H26N6O3/c1-18-16-31(17-27-18)22-11-5-19(15-23(22)35-3)6-12-24-28-25-26(30-33,13-4-14-32(25)29-24)20-7-9-21(34-2)10-8-20/h5-12,15-17H,4,13-14H2,1-3H3/b12-6+/t26-/m1/s1. The Morgan fingerprint density at radius 1 is 1.09 bits per heavy atom. The molecule has 2 aromatic heterocycles. The summed E-state index contributed by atoms with van der Waals surface area (Å²) in [6.07, 6.45) is 8.84. The van der Waals surface area contributed by atoms with Gasteiger partial charge in [0.1, 0.15) is 11.5 Å². The monoisotopic (exact) mass is 470 g/mol. The minimum atomic E-state index is -1.07. The Bertz CT molecular complexity index is 1390. The maximum absolute atomic E-state index is 12.2. The summed E-state index contributed by atoms with van der Waals surface area (Å²) in [5.74, 6) is 2.54. The van der Waals surface area contributed by atoms with Crippen LogP contribution in [0.15, 0.2) is 60.2 Å². The van der Waals surface area contributed by atoms with Crippen molar-refractivity contribution in [1.82, 2.24) is 24.3 Å². The molecular formula is C26H26N6O3. The SMILES string of the molecule is COc1ccc([C@]2(N=O)CCCn3nc(/C=C/c4ccc(-n5cnc(C)c5)c(OC)c4)nc32)cc1. The molecule has 1 aliphatic rings. The van der Waals surface area contributed by atoms with Crippen molar-refractivity contribution in [1.29, 1.82) is 0 Å². The summed E-state index contributed by atoms with van der Waals surface area (Å²) in [6, 6.07) is 13.3. The van der Waals surface area contributed by atoms with Crippen molar-refractivity contribution < 1.29 is 9.47 Å². The fraction of sp³-hybridized carbons (Fsp3) is 0.269. The van der Waals surface area contributed by atoms with Gasteiger partial charge in [-0.05, 0) is 61.2 Å². The highest BCUT2D eigenvalue weighted by molar-refractivity contribution is 5.69. The van der Waals surface area contributed by atoms with Crippen molar-refractivity contribution in [3.8, 4) is 17.2 Å². The highest BCUT2D eigenvalue weighted by atomic mass is 16.5. The number of fused-ring (bicyclic) bond motifs is 1. The van der Waals surface area contributed by atoms with Crippen LogP contribution in [0.2, 0.25) is 0 Å². The van der Waals surface area contributed by atoms with Gasteiger partial charge in [0.05, 0.1) is 31.9 Å². The van der Waals surface area contributed by atoms with Gasteiger partial charge in [0.25, 0.3) is 0 Å². The van der Waals surface area contributed by atoms with Crippen LogP contribution in [0.3, 0.4) is 0 Å². The fourth-order valence-electron chi connectivity index (χ4n) is 4.50. The Morgan fingerprint density at radius 3 is 2.60 bits per heavy atom. The van der Waals surface area contributed by atoms with Crippen LogP contribution in [-0.4, -0.2) is 38.5 Å². The predicted octanol–water partition coefficient (Wildman–Crippen LogP) is 4.76. The Balaban J connectivity index is 1.45. The molecule has 3 heterocycles. The third-order valence-corrected chi connectivity index (χ3v) is 6.31. The largest absolute Gasteiger partial charge is 0.497 e. The summed E-state index contributed by atoms with van der Waals surface area (Å²) in [4.78, 5) is 21.2. The van der Waals surface area contributed by atoms with Gasteiger partial charge >= 0.3 is 0 Å². The number of methoxy groups -OCH3 is 2. The van der Waals surface area contributed by atoms with Gasteiger partial charge in [-0.2, -0.15) is 5.10 Å². The Kier molecular flexibility index (Phi) is 5.90. The molecule has 0 spiro atoms. The molecule has 0 fully saturated rings. The number of ether oxygens (including phenoxy) is 2. The molecule has 9 heteroatoms. The molecule has 178 valence electrons. The van der Waals surface area contributed by atoms with E-state index in [1.165, 1.54) is 0 Å². The molecule has 0 unspecified atom stereocenters. The van der Waals surface area contributed by atoms with E-state index in [4.69, 9.17) is 14.5 Å². The highest BCUT2D eigenvalue weighted by Crippen LogP contribution is 2.40. The van der Waals surface area contributed by atoms with Crippen molar-refractivity contribution in [3.05, 3.63) is 88.4 Å². The van der Waals surface area contributed by atoms with Crippen molar-refractivity contribution in [3.63, 3.8) is 0 Å². The van der Waals surface area contributed by atoms with E-state index in [0.29, 0.717) is 24.6 Å². The maximum atomic E-state index is 12.2. The van der Waals surface area contributed by atoms with Gasteiger partial charge in [-0.3, -0.25) is 0 Å². The van der Waals surface area contributed by atoms with Gasteiger partial charge in [-0.15, -0.1) is 4.91 Å². The number of nitrogens with zero attached hydrogens (tertiary/aromatic N) is 6. The summed E-state index contributed by atoms with van der Waals surface area (Å²) < 4.78 is 14.6. The van der Waals surface area contributed by atoms with Gasteiger partial charge in [-0.25, -0.2) is 14.6 Å². The molecule has 0 bridgehead atoms. The van der Waals surface area contributed by atoms with Gasteiger partial charge < -0.3 is 14.0 Å². The van der Waals surface area contributed by atoms with Crippen LogP contribution in [0.5, 0.6) is 11.5 Å². The first-order valence-electron chi connectivity index (χ1n) is 11.4. The number of benzene rings is 2. The van der Waals surface area contributed by atoms with Gasteiger partial charge in [0.15, 0.2) is 17.2 Å². The van der Waals surface area contributed by atoms with E-state index in [1.807, 2.05) is 72.3 Å². The van der Waals surface area contributed by atoms with Crippen LogP contribution in [0, 0.1) is 11.8 Å². The van der Waals surface area contributed by atoms with Gasteiger partial charge in [0, 0.05) is 12.7 Å². The minimum Gasteiger partial charge on any atom is -0.497 e. The van der Waals surface area contributed by atoms with Crippen molar-refractivity contribution in [2.24, 2.45) is 5.18 Å². The molecule has 35 heavy (non-hydrogen) atoms. The smallest absolute Gasteiger partial charge is 0.186 e. The van der Waals surface area contributed by atoms with Crippen LogP contribution in [0.25, 0.3) is 17.8 Å². The normalized spacial score (nSPS) is 17.3. The quantitative estimate of drug-likeness (QED) is 0.361. The molecule has 0 aliphatic carbocycles. The van der Waals surface area contributed by atoms with Crippen LogP contribution in [0.1, 0.15) is 41.3 Å². The topological polar surface area (TPSA) is 96.4 Å². The second-order valence-electron chi connectivity index (χ2n) is 8.49. The molecule has 1 aliphatic heterocycles. The Labute approximate surface area is 203 Å². The number of aryl methyl sites for hydroxylation is 2. The van der Waals surface area contributed by atoms with E-state index < -0.39 is 5.54 Å². The van der Waals surface area contributed by atoms with E-state index in [9.17, 15) is 4.91 Å². The second kappa shape index (κ2) is 9.17. The van der Waals surface area contributed by atoms with E-state index in [0.717, 1.165) is 40.4 Å². The van der Waals surface area contributed by atoms with Gasteiger partial charge in [-0.1, -0.05) is 29.5 Å². The molecule has 0 N–H and O–H groups in total. The van der Waals surface area contributed by atoms with Crippen LogP contribution in [0.4, 0.5) is 0 Å². The third-order valence-electron chi connectivity index (χ3n) is 6.31. The molecule has 0 radical (unpaired) electrons. The lowest BCUT2D eigenvalue weighted by atomic mass is 9.83. The second-order valence-corrected chi connectivity index (χ2v) is 8.49. The highest BCUT2D eigenvalue weighted by Gasteiger charge is 2.43. The molecule has 0 saturated heterocycles. The fourth-order valence-corrected chi connectivity index (χ4v) is 4.50. The lowest BCUT2D eigenvalue weighted by Crippen LogP contribution is -2.33. The first kappa shape index (κ1) is 22.5. The average molecular weight is 471 g/mol. The first-order valence-corrected chi connectivity index (χ1v) is 11.4. The Hall–Kier alpha value is -4.27. The number of rotatable bonds is 7. The zero-order valence-electron chi connectivity index (χ0n) is 19.9. The summed E-state index contributed by atoms with van der Waals surface area (Å²) in [6.45, 7) is 2.64. The zero-order valence-corrected chi connectivity index (χ0v) is 19.9. The minimum absolute atomic E-state index is 0.525. The molecule has 5 rings (SSSR count). The third kappa shape index (κ3) is 4.09. The lowest BCUT2D eigenvalue weighted by Gasteiger charge is -2.30. The van der Waals surface area contributed by atoms with Crippen LogP contribution >= 0.6 is 0 Å². The molecule has 9 nitrogen and oxygen atoms in total. The average Bonchev–Trinajstić information content (AvgIpc) is 3.53. The summed E-state index contributed by atoms with van der Waals surface area (Å²) >= 11 is 0. The number of aromatic nitrogens is 5. The zero-order chi connectivity index (χ0) is 24.4. The first-order chi connectivity index (χ1) is 17.1. The maximum Gasteiger partial charge on any atom is 0.186 e. The number of hydrogen-bond acceptors (Lipinski definition) is 7. The summed E-state index contributed by atoms with van der Waals surface area (Å²) in [7, 11) is 3.26. The van der Waals surface area contributed by atoms with Crippen molar-refractivity contribution in [2.45, 2.75) is 31.8 Å². The molecule has 0 amide bonds. The summed E-state index contributed by atoms with van der Waals surface area (Å²) in [5.41, 5.74) is 2.48. The number of hydrogen-bond donors (Lipinski definition) is 0. The number of nitroso groups, excluding NO2 is 1. The van der Waals surface area contributed by atoms with Crippen LogP contribution in [-0.2, 0) is 12.1 Å². The van der Waals surface area contributed by atoms with Gasteiger partial charge in [0.2, 0.25) is 0 Å². The van der Waals surface area contributed by atoms with E-state index in [2.05, 4.69) is 15.3 Å². The molecule has 0 saturated carbocycles. The molecule has 1 atom stereocenters. The number of imidazole rings is 1. The molecular weight excluding hydrogens is 444 g/mol. The predicted molar refractivity (Wildman–Crippen MR) is 133 cm³/mol. The molecule has 4 aromatic rings.